The Balaban J connectivity index is 1.94. The highest BCUT2D eigenvalue weighted by Crippen LogP contribution is 2.09. The van der Waals surface area contributed by atoms with E-state index in [-0.39, 0.29) is 0 Å². The standard InChI is InChI=1S/C15H15FN2/c1-12(9-13-5-3-2-4-6-13)10-17-14-7-8-15(16)18-11-14/h2-9,11,17H,10H2,1H3/b12-9+. The van der Waals surface area contributed by atoms with Crippen LogP contribution in [0.1, 0.15) is 12.5 Å². The Morgan fingerprint density at radius 3 is 2.67 bits per heavy atom. The number of anilines is 1. The fourth-order valence-corrected chi connectivity index (χ4v) is 1.61. The Kier molecular flexibility index (Phi) is 4.07. The molecule has 92 valence electrons. The summed E-state index contributed by atoms with van der Waals surface area (Å²) in [5, 5.41) is 3.19. The SMILES string of the molecule is C/C(=C\c1ccccc1)CNc1ccc(F)nc1. The largest absolute Gasteiger partial charge is 0.380 e. The molecule has 0 atom stereocenters. The van der Waals surface area contributed by atoms with E-state index in [0.717, 1.165) is 5.69 Å². The lowest BCUT2D eigenvalue weighted by Gasteiger charge is -2.06. The summed E-state index contributed by atoms with van der Waals surface area (Å²) in [7, 11) is 0. The third-order valence-corrected chi connectivity index (χ3v) is 2.51. The summed E-state index contributed by atoms with van der Waals surface area (Å²) >= 11 is 0. The number of rotatable bonds is 4. The second-order valence-electron chi connectivity index (χ2n) is 4.12. The van der Waals surface area contributed by atoms with E-state index in [9.17, 15) is 4.39 Å². The molecule has 0 saturated carbocycles. The van der Waals surface area contributed by atoms with E-state index in [1.807, 2.05) is 18.2 Å². The highest BCUT2D eigenvalue weighted by atomic mass is 19.1. The molecule has 3 heteroatoms. The average Bonchev–Trinajstić information content (AvgIpc) is 2.39. The van der Waals surface area contributed by atoms with Crippen molar-refractivity contribution >= 4 is 11.8 Å². The summed E-state index contributed by atoms with van der Waals surface area (Å²) in [6, 6.07) is 13.2. The molecule has 1 aromatic heterocycles. The number of hydrogen-bond acceptors (Lipinski definition) is 2. The van der Waals surface area contributed by atoms with E-state index in [4.69, 9.17) is 0 Å². The van der Waals surface area contributed by atoms with Crippen LogP contribution in [0.5, 0.6) is 0 Å². The second-order valence-corrected chi connectivity index (χ2v) is 4.12. The number of aromatic nitrogens is 1. The zero-order chi connectivity index (χ0) is 12.8. The van der Waals surface area contributed by atoms with Gasteiger partial charge in [-0.3, -0.25) is 0 Å². The lowest BCUT2D eigenvalue weighted by atomic mass is 10.1. The lowest BCUT2D eigenvalue weighted by Crippen LogP contribution is -2.03. The third-order valence-electron chi connectivity index (χ3n) is 2.51. The van der Waals surface area contributed by atoms with Crippen molar-refractivity contribution < 1.29 is 4.39 Å². The molecule has 2 aromatic rings. The van der Waals surface area contributed by atoms with E-state index in [1.165, 1.54) is 23.4 Å². The molecule has 0 fully saturated rings. The maximum Gasteiger partial charge on any atom is 0.212 e. The molecule has 1 aromatic carbocycles. The van der Waals surface area contributed by atoms with Crippen LogP contribution in [-0.2, 0) is 0 Å². The van der Waals surface area contributed by atoms with E-state index in [2.05, 4.69) is 35.4 Å². The number of nitrogens with zero attached hydrogens (tertiary/aromatic N) is 1. The van der Waals surface area contributed by atoms with Crippen molar-refractivity contribution in [2.75, 3.05) is 11.9 Å². The van der Waals surface area contributed by atoms with Gasteiger partial charge in [-0.25, -0.2) is 4.98 Å². The number of halogens is 1. The van der Waals surface area contributed by atoms with Gasteiger partial charge in [-0.2, -0.15) is 4.39 Å². The van der Waals surface area contributed by atoms with Crippen molar-refractivity contribution in [1.82, 2.24) is 4.98 Å². The van der Waals surface area contributed by atoms with E-state index < -0.39 is 5.95 Å². The molecular weight excluding hydrogens is 227 g/mol. The highest BCUT2D eigenvalue weighted by Gasteiger charge is 1.95. The fraction of sp³-hybridized carbons (Fsp3) is 0.133. The minimum Gasteiger partial charge on any atom is -0.380 e. The van der Waals surface area contributed by atoms with Crippen LogP contribution in [0.4, 0.5) is 10.1 Å². The van der Waals surface area contributed by atoms with Crippen LogP contribution in [0, 0.1) is 5.95 Å². The first-order valence-corrected chi connectivity index (χ1v) is 5.82. The van der Waals surface area contributed by atoms with Crippen LogP contribution in [0.2, 0.25) is 0 Å². The summed E-state index contributed by atoms with van der Waals surface area (Å²) in [6.45, 7) is 2.76. The van der Waals surface area contributed by atoms with Gasteiger partial charge in [-0.1, -0.05) is 42.0 Å². The average molecular weight is 242 g/mol. The van der Waals surface area contributed by atoms with Crippen molar-refractivity contribution in [3.63, 3.8) is 0 Å². The van der Waals surface area contributed by atoms with Crippen molar-refractivity contribution in [1.29, 1.82) is 0 Å². The zero-order valence-electron chi connectivity index (χ0n) is 10.2. The van der Waals surface area contributed by atoms with Gasteiger partial charge in [-0.05, 0) is 24.6 Å². The topological polar surface area (TPSA) is 24.9 Å². The lowest BCUT2D eigenvalue weighted by molar-refractivity contribution is 0.584. The van der Waals surface area contributed by atoms with Crippen LogP contribution in [-0.4, -0.2) is 11.5 Å². The van der Waals surface area contributed by atoms with E-state index in [1.54, 1.807) is 6.07 Å². The first-order chi connectivity index (χ1) is 8.74. The van der Waals surface area contributed by atoms with Gasteiger partial charge in [0, 0.05) is 6.54 Å². The van der Waals surface area contributed by atoms with Gasteiger partial charge in [0.1, 0.15) is 0 Å². The van der Waals surface area contributed by atoms with Gasteiger partial charge in [0.05, 0.1) is 11.9 Å². The maximum absolute atomic E-state index is 12.6. The third kappa shape index (κ3) is 3.70. The van der Waals surface area contributed by atoms with Crippen LogP contribution in [0.15, 0.2) is 54.2 Å². The molecule has 2 rings (SSSR count). The quantitative estimate of drug-likeness (QED) is 0.826. The normalized spacial score (nSPS) is 11.3. The molecule has 0 saturated heterocycles. The predicted molar refractivity (Wildman–Crippen MR) is 72.8 cm³/mol. The molecule has 0 bridgehead atoms. The van der Waals surface area contributed by atoms with Gasteiger partial charge < -0.3 is 5.32 Å². The molecule has 0 aliphatic heterocycles. The Hall–Kier alpha value is -2.16. The Labute approximate surface area is 106 Å². The Morgan fingerprint density at radius 1 is 1.22 bits per heavy atom. The second kappa shape index (κ2) is 5.96. The molecule has 1 N–H and O–H groups in total. The Morgan fingerprint density at radius 2 is 2.00 bits per heavy atom. The van der Waals surface area contributed by atoms with Gasteiger partial charge in [0.25, 0.3) is 0 Å². The maximum atomic E-state index is 12.6. The van der Waals surface area contributed by atoms with E-state index in [0.29, 0.717) is 6.54 Å². The smallest absolute Gasteiger partial charge is 0.212 e. The van der Waals surface area contributed by atoms with Crippen molar-refractivity contribution in [2.45, 2.75) is 6.92 Å². The summed E-state index contributed by atoms with van der Waals surface area (Å²) < 4.78 is 12.6. The number of pyridine rings is 1. The number of benzene rings is 1. The molecule has 1 heterocycles. The molecule has 0 spiro atoms. The monoisotopic (exact) mass is 242 g/mol. The molecule has 0 amide bonds. The zero-order valence-corrected chi connectivity index (χ0v) is 10.2. The van der Waals surface area contributed by atoms with Gasteiger partial charge >= 0.3 is 0 Å². The van der Waals surface area contributed by atoms with Crippen molar-refractivity contribution in [2.24, 2.45) is 0 Å². The summed E-state index contributed by atoms with van der Waals surface area (Å²) in [5.41, 5.74) is 3.19. The first kappa shape index (κ1) is 12.3. The van der Waals surface area contributed by atoms with Crippen LogP contribution in [0.25, 0.3) is 6.08 Å². The van der Waals surface area contributed by atoms with Crippen molar-refractivity contribution in [3.8, 4) is 0 Å². The molecule has 0 radical (unpaired) electrons. The molecule has 18 heavy (non-hydrogen) atoms. The molecular formula is C15H15FN2. The van der Waals surface area contributed by atoms with Crippen LogP contribution >= 0.6 is 0 Å². The minimum atomic E-state index is -0.461. The summed E-state index contributed by atoms with van der Waals surface area (Å²) in [4.78, 5) is 3.59. The highest BCUT2D eigenvalue weighted by molar-refractivity contribution is 5.54. The Bertz CT molecular complexity index is 518. The fourth-order valence-electron chi connectivity index (χ4n) is 1.61. The summed E-state index contributed by atoms with van der Waals surface area (Å²) in [5.74, 6) is -0.461. The minimum absolute atomic E-state index is 0.461. The molecule has 0 aliphatic rings. The predicted octanol–water partition coefficient (Wildman–Crippen LogP) is 3.74. The van der Waals surface area contributed by atoms with Gasteiger partial charge in [0.2, 0.25) is 5.95 Å². The van der Waals surface area contributed by atoms with Crippen molar-refractivity contribution in [3.05, 3.63) is 65.7 Å². The molecule has 0 aliphatic carbocycles. The molecule has 2 nitrogen and oxygen atoms in total. The van der Waals surface area contributed by atoms with Gasteiger partial charge in [0.15, 0.2) is 0 Å². The van der Waals surface area contributed by atoms with E-state index >= 15 is 0 Å². The molecule has 0 unspecified atom stereocenters. The number of nitrogens with one attached hydrogen (secondary N) is 1. The number of hydrogen-bond donors (Lipinski definition) is 1. The van der Waals surface area contributed by atoms with Gasteiger partial charge in [-0.15, -0.1) is 0 Å². The van der Waals surface area contributed by atoms with Crippen LogP contribution in [0.3, 0.4) is 0 Å². The summed E-state index contributed by atoms with van der Waals surface area (Å²) in [6.07, 6.45) is 3.61. The van der Waals surface area contributed by atoms with Crippen LogP contribution < -0.4 is 5.32 Å². The first-order valence-electron chi connectivity index (χ1n) is 5.82.